The van der Waals surface area contributed by atoms with E-state index in [-0.39, 0.29) is 0 Å². The predicted octanol–water partition coefficient (Wildman–Crippen LogP) is 4.09. The molecule has 8 heteroatoms. The number of hydrogen-bond acceptors (Lipinski definition) is 4. The van der Waals surface area contributed by atoms with Crippen molar-refractivity contribution in [3.63, 3.8) is 0 Å². The van der Waals surface area contributed by atoms with Crippen LogP contribution in [0.5, 0.6) is 0 Å². The minimum atomic E-state index is -0.479. The molecule has 7 nitrogen and oxygen atoms in total. The number of aromatic nitrogens is 7. The van der Waals surface area contributed by atoms with Crippen LogP contribution in [0.15, 0.2) is 61.2 Å². The van der Waals surface area contributed by atoms with Gasteiger partial charge in [-0.25, -0.2) is 4.98 Å². The maximum atomic E-state index is 7.07. The van der Waals surface area contributed by atoms with Crippen LogP contribution in [0, 0.1) is 0 Å². The van der Waals surface area contributed by atoms with Gasteiger partial charge in [-0.3, -0.25) is 5.10 Å². The molecule has 0 aliphatic rings. The molecule has 0 radical (unpaired) electrons. The number of aromatic amines is 1. The summed E-state index contributed by atoms with van der Waals surface area (Å²) in [6.45, 7) is 0. The summed E-state index contributed by atoms with van der Waals surface area (Å²) in [6, 6.07) is 14.0. The number of H-pyrrole nitrogens is 1. The van der Waals surface area contributed by atoms with Crippen LogP contribution in [0.1, 0.15) is 16.6 Å². The van der Waals surface area contributed by atoms with Gasteiger partial charge in [-0.05, 0) is 12.1 Å². The summed E-state index contributed by atoms with van der Waals surface area (Å²) >= 11 is 7.07. The Hall–Kier alpha value is -3.45. The Kier molecular flexibility index (Phi) is 4.17. The topological polar surface area (TPSA) is 77.2 Å². The third-order valence-corrected chi connectivity index (χ3v) is 5.56. The first-order valence-electron chi connectivity index (χ1n) is 9.17. The van der Waals surface area contributed by atoms with Crippen molar-refractivity contribution in [1.82, 2.24) is 34.5 Å². The molecular weight excluding hydrogens is 386 g/mol. The Morgan fingerprint density at radius 1 is 0.966 bits per heavy atom. The Bertz CT molecular complexity index is 1300. The highest BCUT2D eigenvalue weighted by Gasteiger charge is 2.27. The van der Waals surface area contributed by atoms with Crippen LogP contribution < -0.4 is 0 Å². The molecule has 0 aliphatic heterocycles. The zero-order valence-electron chi connectivity index (χ0n) is 15.9. The van der Waals surface area contributed by atoms with Gasteiger partial charge < -0.3 is 9.13 Å². The van der Waals surface area contributed by atoms with Crippen molar-refractivity contribution in [1.29, 1.82) is 0 Å². The number of hydrogen-bond donors (Lipinski definition) is 1. The third-order valence-electron chi connectivity index (χ3n) is 5.12. The van der Waals surface area contributed by atoms with Gasteiger partial charge in [0.15, 0.2) is 5.65 Å². The van der Waals surface area contributed by atoms with Crippen molar-refractivity contribution in [3.8, 4) is 22.6 Å². The normalized spacial score (nSPS) is 12.5. The van der Waals surface area contributed by atoms with E-state index in [9.17, 15) is 0 Å². The fourth-order valence-corrected chi connectivity index (χ4v) is 4.06. The van der Waals surface area contributed by atoms with E-state index in [0.29, 0.717) is 5.65 Å². The molecule has 5 aromatic rings. The zero-order chi connectivity index (χ0) is 20.0. The molecule has 1 unspecified atom stereocenters. The van der Waals surface area contributed by atoms with Crippen molar-refractivity contribution in [2.75, 3.05) is 0 Å². The van der Waals surface area contributed by atoms with Crippen molar-refractivity contribution < 1.29 is 0 Å². The summed E-state index contributed by atoms with van der Waals surface area (Å²) in [5.41, 5.74) is 5.78. The van der Waals surface area contributed by atoms with E-state index in [2.05, 4.69) is 25.4 Å². The number of halogens is 1. The number of nitrogens with one attached hydrogen (secondary N) is 1. The lowest BCUT2D eigenvalue weighted by atomic mass is 9.98. The Balaban J connectivity index is 1.86. The van der Waals surface area contributed by atoms with Gasteiger partial charge in [-0.2, -0.15) is 5.10 Å². The molecule has 29 heavy (non-hydrogen) atoms. The second kappa shape index (κ2) is 6.86. The predicted molar refractivity (Wildman–Crippen MR) is 112 cm³/mol. The highest BCUT2D eigenvalue weighted by atomic mass is 35.5. The average molecular weight is 404 g/mol. The summed E-state index contributed by atoms with van der Waals surface area (Å²) < 4.78 is 3.94. The van der Waals surface area contributed by atoms with Crippen molar-refractivity contribution in [2.24, 2.45) is 14.1 Å². The lowest BCUT2D eigenvalue weighted by molar-refractivity contribution is 0.833. The van der Waals surface area contributed by atoms with Crippen molar-refractivity contribution >= 4 is 22.6 Å². The smallest absolute Gasteiger partial charge is 0.178 e. The summed E-state index contributed by atoms with van der Waals surface area (Å²) in [7, 11) is 3.92. The third kappa shape index (κ3) is 2.82. The Morgan fingerprint density at radius 3 is 2.48 bits per heavy atom. The van der Waals surface area contributed by atoms with Crippen LogP contribution in [-0.4, -0.2) is 34.5 Å². The number of rotatable bonds is 4. The van der Waals surface area contributed by atoms with E-state index in [4.69, 9.17) is 11.6 Å². The van der Waals surface area contributed by atoms with E-state index in [1.807, 2.05) is 71.9 Å². The molecule has 1 atom stereocenters. The van der Waals surface area contributed by atoms with Crippen molar-refractivity contribution in [3.05, 3.63) is 72.4 Å². The SMILES string of the molecule is Cn1cccc1-c1n[nH]c2nnc(-c3ccccc3)c(C(Cl)c3cncn3C)c12. The highest BCUT2D eigenvalue weighted by Crippen LogP contribution is 2.41. The monoisotopic (exact) mass is 403 g/mol. The number of benzene rings is 1. The largest absolute Gasteiger partial charge is 0.349 e. The Morgan fingerprint density at radius 2 is 1.79 bits per heavy atom. The van der Waals surface area contributed by atoms with Crippen LogP contribution in [0.2, 0.25) is 0 Å². The first-order chi connectivity index (χ1) is 14.1. The fraction of sp³-hybridized carbons (Fsp3) is 0.143. The van der Waals surface area contributed by atoms with E-state index in [1.165, 1.54) is 0 Å². The van der Waals surface area contributed by atoms with Crippen molar-refractivity contribution in [2.45, 2.75) is 5.38 Å². The molecule has 0 saturated carbocycles. The highest BCUT2D eigenvalue weighted by molar-refractivity contribution is 6.24. The first-order valence-corrected chi connectivity index (χ1v) is 9.61. The second-order valence-electron chi connectivity index (χ2n) is 6.92. The van der Waals surface area contributed by atoms with E-state index in [0.717, 1.165) is 39.3 Å². The Labute approximate surface area is 172 Å². The molecule has 4 heterocycles. The molecule has 144 valence electrons. The fourth-order valence-electron chi connectivity index (χ4n) is 3.64. The van der Waals surface area contributed by atoms with Gasteiger partial charge in [-0.1, -0.05) is 30.3 Å². The van der Waals surface area contributed by atoms with Crippen LogP contribution in [-0.2, 0) is 14.1 Å². The second-order valence-corrected chi connectivity index (χ2v) is 7.36. The molecule has 0 amide bonds. The maximum Gasteiger partial charge on any atom is 0.178 e. The number of aryl methyl sites for hydroxylation is 2. The molecule has 0 saturated heterocycles. The van der Waals surface area contributed by atoms with Gasteiger partial charge in [0.2, 0.25) is 0 Å². The summed E-state index contributed by atoms with van der Waals surface area (Å²) in [4.78, 5) is 4.24. The zero-order valence-corrected chi connectivity index (χ0v) is 16.7. The van der Waals surface area contributed by atoms with Crippen LogP contribution in [0.25, 0.3) is 33.7 Å². The molecular formula is C21H18ClN7. The van der Waals surface area contributed by atoms with Crippen LogP contribution in [0.3, 0.4) is 0 Å². The van der Waals surface area contributed by atoms with E-state index >= 15 is 0 Å². The molecule has 0 aliphatic carbocycles. The van der Waals surface area contributed by atoms with Crippen LogP contribution in [0.4, 0.5) is 0 Å². The number of nitrogens with zero attached hydrogens (tertiary/aromatic N) is 6. The molecule has 1 aromatic carbocycles. The van der Waals surface area contributed by atoms with E-state index in [1.54, 1.807) is 12.5 Å². The van der Waals surface area contributed by atoms with Crippen LogP contribution >= 0.6 is 11.6 Å². The molecule has 5 rings (SSSR count). The molecule has 0 spiro atoms. The quantitative estimate of drug-likeness (QED) is 0.458. The molecule has 0 bridgehead atoms. The molecule has 4 aromatic heterocycles. The van der Waals surface area contributed by atoms with Gasteiger partial charge in [0.05, 0.1) is 28.8 Å². The number of alkyl halides is 1. The summed E-state index contributed by atoms with van der Waals surface area (Å²) in [5.74, 6) is 0. The molecule has 0 fully saturated rings. The lowest BCUT2D eigenvalue weighted by Crippen LogP contribution is -2.06. The minimum absolute atomic E-state index is 0.479. The lowest BCUT2D eigenvalue weighted by Gasteiger charge is -2.16. The number of imidazole rings is 1. The maximum absolute atomic E-state index is 7.07. The summed E-state index contributed by atoms with van der Waals surface area (Å²) in [5, 5.41) is 16.9. The van der Waals surface area contributed by atoms with Gasteiger partial charge in [0.1, 0.15) is 11.1 Å². The standard InChI is InChI=1S/C21H18ClN7/c1-28-10-6-9-14(28)20-17-16(18(22)15-11-23-12-29(15)2)19(13-7-4-3-5-8-13)24-26-21(17)27-25-20/h3-12,18H,1-2H3,(H,25,26,27). The first kappa shape index (κ1) is 17.6. The average Bonchev–Trinajstić information content (AvgIpc) is 3.46. The van der Waals surface area contributed by atoms with Gasteiger partial charge in [0.25, 0.3) is 0 Å². The molecule has 1 N–H and O–H groups in total. The summed E-state index contributed by atoms with van der Waals surface area (Å²) in [6.07, 6.45) is 5.51. The van der Waals surface area contributed by atoms with Gasteiger partial charge in [0, 0.05) is 37.6 Å². The number of fused-ring (bicyclic) bond motifs is 1. The van der Waals surface area contributed by atoms with Gasteiger partial charge >= 0.3 is 0 Å². The van der Waals surface area contributed by atoms with Gasteiger partial charge in [-0.15, -0.1) is 21.8 Å². The minimum Gasteiger partial charge on any atom is -0.349 e. The van der Waals surface area contributed by atoms with E-state index < -0.39 is 5.38 Å².